The first kappa shape index (κ1) is 17.7. The van der Waals surface area contributed by atoms with E-state index in [2.05, 4.69) is 15.6 Å². The van der Waals surface area contributed by atoms with Crippen molar-refractivity contribution < 1.29 is 4.74 Å². The van der Waals surface area contributed by atoms with Gasteiger partial charge in [0.25, 0.3) is 5.56 Å². The Morgan fingerprint density at radius 2 is 1.85 bits per heavy atom. The smallest absolute Gasteiger partial charge is 0.292 e. The van der Waals surface area contributed by atoms with Gasteiger partial charge < -0.3 is 4.74 Å². The molecule has 0 aliphatic rings. The number of methoxy groups -OCH3 is 1. The average molecular weight is 369 g/mol. The zero-order valence-electron chi connectivity index (χ0n) is 14.3. The summed E-state index contributed by atoms with van der Waals surface area (Å²) in [6.45, 7) is 1.85. The topological polar surface area (TPSA) is 68.5 Å². The number of para-hydroxylation sites is 1. The van der Waals surface area contributed by atoms with Gasteiger partial charge in [-0.15, -0.1) is 0 Å². The molecule has 0 saturated carbocycles. The van der Waals surface area contributed by atoms with Crippen LogP contribution in [-0.2, 0) is 0 Å². The van der Waals surface area contributed by atoms with E-state index in [9.17, 15) is 4.79 Å². The molecule has 0 aliphatic carbocycles. The van der Waals surface area contributed by atoms with Crippen molar-refractivity contribution in [3.63, 3.8) is 0 Å². The van der Waals surface area contributed by atoms with Gasteiger partial charge in [0.05, 0.1) is 24.7 Å². The Bertz CT molecular complexity index is 983. The van der Waals surface area contributed by atoms with Crippen LogP contribution in [0.5, 0.6) is 5.75 Å². The normalized spacial score (nSPS) is 11.3. The van der Waals surface area contributed by atoms with Crippen LogP contribution in [0.15, 0.2) is 70.7 Å². The van der Waals surface area contributed by atoms with Crippen molar-refractivity contribution in [3.05, 3.63) is 81.7 Å². The van der Waals surface area contributed by atoms with Crippen LogP contribution < -0.4 is 15.7 Å². The van der Waals surface area contributed by atoms with Crippen LogP contribution in [0.4, 0.5) is 5.69 Å². The number of hydrogen-bond donors (Lipinski definition) is 1. The van der Waals surface area contributed by atoms with Gasteiger partial charge in [0.1, 0.15) is 16.5 Å². The van der Waals surface area contributed by atoms with Crippen molar-refractivity contribution in [1.82, 2.24) is 9.78 Å². The maximum atomic E-state index is 12.4. The summed E-state index contributed by atoms with van der Waals surface area (Å²) in [5.41, 5.74) is 5.03. The lowest BCUT2D eigenvalue weighted by atomic mass is 10.1. The zero-order chi connectivity index (χ0) is 18.5. The van der Waals surface area contributed by atoms with Crippen molar-refractivity contribution in [1.29, 1.82) is 0 Å². The van der Waals surface area contributed by atoms with Crippen molar-refractivity contribution in [3.8, 4) is 11.4 Å². The number of hydrogen-bond acceptors (Lipinski definition) is 5. The third-order valence-electron chi connectivity index (χ3n) is 3.77. The van der Waals surface area contributed by atoms with Gasteiger partial charge in [0, 0.05) is 0 Å². The van der Waals surface area contributed by atoms with Gasteiger partial charge in [0.15, 0.2) is 0 Å². The molecule has 26 heavy (non-hydrogen) atoms. The maximum Gasteiger partial charge on any atom is 0.292 e. The standard InChI is InChI=1S/C19H17ClN4O2/c1-13(14-8-10-16(26-2)11-9-14)22-23-17-12-21-24(19(25)18(17)20)15-6-4-3-5-7-15/h3-12,23H,1-2H3. The predicted octanol–water partition coefficient (Wildman–Crippen LogP) is 3.73. The van der Waals surface area contributed by atoms with Crippen molar-refractivity contribution >= 4 is 23.0 Å². The Kier molecular flexibility index (Phi) is 5.34. The molecule has 1 heterocycles. The Hall–Kier alpha value is -3.12. The van der Waals surface area contributed by atoms with E-state index in [0.717, 1.165) is 17.0 Å². The van der Waals surface area contributed by atoms with Crippen molar-refractivity contribution in [2.45, 2.75) is 6.92 Å². The molecule has 0 amide bonds. The Morgan fingerprint density at radius 1 is 1.15 bits per heavy atom. The molecule has 0 radical (unpaired) electrons. The van der Waals surface area contributed by atoms with Crippen LogP contribution in [0.2, 0.25) is 5.02 Å². The minimum atomic E-state index is -0.417. The molecular weight excluding hydrogens is 352 g/mol. The van der Waals surface area contributed by atoms with E-state index >= 15 is 0 Å². The number of hydrazone groups is 1. The molecule has 3 rings (SSSR count). The summed E-state index contributed by atoms with van der Waals surface area (Å²) in [7, 11) is 1.62. The summed E-state index contributed by atoms with van der Waals surface area (Å²) < 4.78 is 6.38. The molecule has 7 heteroatoms. The summed E-state index contributed by atoms with van der Waals surface area (Å²) in [6.07, 6.45) is 1.47. The van der Waals surface area contributed by atoms with E-state index in [1.54, 1.807) is 19.2 Å². The highest BCUT2D eigenvalue weighted by molar-refractivity contribution is 6.33. The zero-order valence-corrected chi connectivity index (χ0v) is 15.1. The maximum absolute atomic E-state index is 12.4. The van der Waals surface area contributed by atoms with Crippen LogP contribution in [0.1, 0.15) is 12.5 Å². The Morgan fingerprint density at radius 3 is 2.50 bits per heavy atom. The largest absolute Gasteiger partial charge is 0.497 e. The Labute approximate surface area is 155 Å². The summed E-state index contributed by atoms with van der Waals surface area (Å²) >= 11 is 6.20. The molecule has 2 aromatic carbocycles. The first-order valence-electron chi connectivity index (χ1n) is 7.88. The minimum absolute atomic E-state index is 0.0233. The highest BCUT2D eigenvalue weighted by Gasteiger charge is 2.10. The fourth-order valence-corrected chi connectivity index (χ4v) is 2.48. The summed E-state index contributed by atoms with van der Waals surface area (Å²) in [5.74, 6) is 0.770. The van der Waals surface area contributed by atoms with Gasteiger partial charge in [-0.05, 0) is 48.9 Å². The molecule has 0 fully saturated rings. The van der Waals surface area contributed by atoms with Crippen LogP contribution >= 0.6 is 11.6 Å². The number of rotatable bonds is 5. The van der Waals surface area contributed by atoms with Crippen LogP contribution in [0.3, 0.4) is 0 Å². The highest BCUT2D eigenvalue weighted by Crippen LogP contribution is 2.17. The molecule has 0 atom stereocenters. The molecule has 0 unspecified atom stereocenters. The first-order chi connectivity index (χ1) is 12.6. The average Bonchev–Trinajstić information content (AvgIpc) is 2.69. The van der Waals surface area contributed by atoms with E-state index in [1.807, 2.05) is 49.4 Å². The van der Waals surface area contributed by atoms with Gasteiger partial charge in [-0.1, -0.05) is 29.8 Å². The van der Waals surface area contributed by atoms with Gasteiger partial charge in [-0.3, -0.25) is 10.2 Å². The van der Waals surface area contributed by atoms with E-state index in [4.69, 9.17) is 16.3 Å². The number of halogens is 1. The molecule has 6 nitrogen and oxygen atoms in total. The lowest BCUT2D eigenvalue weighted by Crippen LogP contribution is -2.22. The van der Waals surface area contributed by atoms with Gasteiger partial charge in [0.2, 0.25) is 0 Å². The third kappa shape index (κ3) is 3.75. The second kappa shape index (κ2) is 7.84. The molecule has 0 saturated heterocycles. The summed E-state index contributed by atoms with van der Waals surface area (Å²) in [5, 5.41) is 8.46. The summed E-state index contributed by atoms with van der Waals surface area (Å²) in [4.78, 5) is 12.4. The number of aromatic nitrogens is 2. The monoisotopic (exact) mass is 368 g/mol. The number of nitrogens with one attached hydrogen (secondary N) is 1. The molecule has 1 N–H and O–H groups in total. The van der Waals surface area contributed by atoms with Gasteiger partial charge >= 0.3 is 0 Å². The van der Waals surface area contributed by atoms with E-state index in [0.29, 0.717) is 11.4 Å². The number of nitrogens with zero attached hydrogens (tertiary/aromatic N) is 3. The van der Waals surface area contributed by atoms with E-state index in [-0.39, 0.29) is 5.02 Å². The van der Waals surface area contributed by atoms with Crippen molar-refractivity contribution in [2.75, 3.05) is 12.5 Å². The molecular formula is C19H17ClN4O2. The molecule has 0 spiro atoms. The predicted molar refractivity (Wildman–Crippen MR) is 104 cm³/mol. The second-order valence-electron chi connectivity index (χ2n) is 5.46. The molecule has 1 aromatic heterocycles. The first-order valence-corrected chi connectivity index (χ1v) is 8.26. The van der Waals surface area contributed by atoms with Crippen LogP contribution in [0, 0.1) is 0 Å². The highest BCUT2D eigenvalue weighted by atomic mass is 35.5. The minimum Gasteiger partial charge on any atom is -0.497 e. The van der Waals surface area contributed by atoms with Gasteiger partial charge in [-0.25, -0.2) is 0 Å². The fraction of sp³-hybridized carbons (Fsp3) is 0.105. The van der Waals surface area contributed by atoms with Crippen LogP contribution in [-0.4, -0.2) is 22.6 Å². The Balaban J connectivity index is 1.84. The SMILES string of the molecule is COc1ccc(C(C)=NNc2cnn(-c3ccccc3)c(=O)c2Cl)cc1. The van der Waals surface area contributed by atoms with Crippen LogP contribution in [0.25, 0.3) is 5.69 Å². The molecule has 0 bridgehead atoms. The molecule has 132 valence electrons. The number of ether oxygens (including phenoxy) is 1. The summed E-state index contributed by atoms with van der Waals surface area (Å²) in [6, 6.07) is 16.6. The second-order valence-corrected chi connectivity index (χ2v) is 5.84. The lowest BCUT2D eigenvalue weighted by Gasteiger charge is -2.08. The lowest BCUT2D eigenvalue weighted by molar-refractivity contribution is 0.415. The molecule has 3 aromatic rings. The third-order valence-corrected chi connectivity index (χ3v) is 4.14. The molecule has 0 aliphatic heterocycles. The van der Waals surface area contributed by atoms with Gasteiger partial charge in [-0.2, -0.15) is 14.9 Å². The number of anilines is 1. The van der Waals surface area contributed by atoms with Crippen molar-refractivity contribution in [2.24, 2.45) is 5.10 Å². The van der Waals surface area contributed by atoms with E-state index < -0.39 is 5.56 Å². The van der Waals surface area contributed by atoms with E-state index in [1.165, 1.54) is 10.9 Å². The fourth-order valence-electron chi connectivity index (χ4n) is 2.30. The quantitative estimate of drug-likeness (QED) is 0.550. The number of benzene rings is 2.